The molecule has 0 radical (unpaired) electrons. The predicted molar refractivity (Wildman–Crippen MR) is 107 cm³/mol. The summed E-state index contributed by atoms with van der Waals surface area (Å²) < 4.78 is 0. The second-order valence-electron chi connectivity index (χ2n) is 8.84. The fourth-order valence-electron chi connectivity index (χ4n) is 5.68. The SMILES string of the molecule is CC(=O)N1C[C@]2(CCN(C(=O)N(C)C)C2)[C@@H]2[C@@H]1CCCN2Cc1cccnc1. The molecular formula is C21H31N5O2. The van der Waals surface area contributed by atoms with E-state index in [0.717, 1.165) is 52.0 Å². The highest BCUT2D eigenvalue weighted by atomic mass is 16.2. The minimum Gasteiger partial charge on any atom is -0.338 e. The molecule has 0 bridgehead atoms. The number of hydrogen-bond acceptors (Lipinski definition) is 4. The Morgan fingerprint density at radius 3 is 2.79 bits per heavy atom. The van der Waals surface area contributed by atoms with Gasteiger partial charge in [0.25, 0.3) is 0 Å². The Balaban J connectivity index is 1.63. The summed E-state index contributed by atoms with van der Waals surface area (Å²) in [6.07, 6.45) is 6.85. The van der Waals surface area contributed by atoms with Gasteiger partial charge in [-0.25, -0.2) is 4.79 Å². The van der Waals surface area contributed by atoms with Crippen molar-refractivity contribution in [3.8, 4) is 0 Å². The summed E-state index contributed by atoms with van der Waals surface area (Å²) in [6.45, 7) is 5.84. The van der Waals surface area contributed by atoms with Gasteiger partial charge in [-0.3, -0.25) is 14.7 Å². The molecule has 7 nitrogen and oxygen atoms in total. The van der Waals surface area contributed by atoms with Crippen molar-refractivity contribution in [3.05, 3.63) is 30.1 Å². The molecule has 0 saturated carbocycles. The van der Waals surface area contributed by atoms with E-state index in [1.165, 1.54) is 5.56 Å². The van der Waals surface area contributed by atoms with E-state index in [0.29, 0.717) is 6.04 Å². The number of nitrogens with zero attached hydrogens (tertiary/aromatic N) is 5. The van der Waals surface area contributed by atoms with Gasteiger partial charge in [0.1, 0.15) is 0 Å². The Morgan fingerprint density at radius 2 is 2.11 bits per heavy atom. The standard InChI is InChI=1S/C21H31N5O2/c1-16(27)26-15-21(8-11-25(14-21)20(28)23(2)3)19-18(26)7-5-10-24(19)13-17-6-4-9-22-12-17/h4,6,9,12,18-19H,5,7-8,10-11,13-15H2,1-3H3/t18-,19-,21+/m0/s1. The Labute approximate surface area is 167 Å². The van der Waals surface area contributed by atoms with Crippen LogP contribution in [0.3, 0.4) is 0 Å². The van der Waals surface area contributed by atoms with Crippen molar-refractivity contribution in [3.63, 3.8) is 0 Å². The number of carbonyl (C=O) groups excluding carboxylic acids is 2. The molecule has 3 aliphatic rings. The normalized spacial score (nSPS) is 30.0. The van der Waals surface area contributed by atoms with E-state index in [-0.39, 0.29) is 23.4 Å². The largest absolute Gasteiger partial charge is 0.338 e. The van der Waals surface area contributed by atoms with Crippen molar-refractivity contribution >= 4 is 11.9 Å². The van der Waals surface area contributed by atoms with Gasteiger partial charge >= 0.3 is 6.03 Å². The molecule has 28 heavy (non-hydrogen) atoms. The first-order valence-corrected chi connectivity index (χ1v) is 10.3. The van der Waals surface area contributed by atoms with Gasteiger partial charge in [0.15, 0.2) is 0 Å². The average Bonchev–Trinajstić information content (AvgIpc) is 3.25. The number of amides is 3. The van der Waals surface area contributed by atoms with Crippen molar-refractivity contribution in [2.75, 3.05) is 40.3 Å². The van der Waals surface area contributed by atoms with Gasteiger partial charge in [0.2, 0.25) is 5.91 Å². The molecule has 3 fully saturated rings. The number of aromatic nitrogens is 1. The van der Waals surface area contributed by atoms with Crippen LogP contribution in [0.5, 0.6) is 0 Å². The highest BCUT2D eigenvalue weighted by molar-refractivity contribution is 5.75. The maximum atomic E-state index is 12.6. The number of urea groups is 1. The lowest BCUT2D eigenvalue weighted by Crippen LogP contribution is -2.55. The minimum atomic E-state index is -0.0371. The van der Waals surface area contributed by atoms with E-state index in [2.05, 4.69) is 20.9 Å². The van der Waals surface area contributed by atoms with Gasteiger partial charge in [0.05, 0.1) is 0 Å². The molecule has 0 N–H and O–H groups in total. The minimum absolute atomic E-state index is 0.0371. The number of hydrogen-bond donors (Lipinski definition) is 0. The molecule has 3 atom stereocenters. The van der Waals surface area contributed by atoms with Crippen LogP contribution < -0.4 is 0 Å². The van der Waals surface area contributed by atoms with E-state index in [1.54, 1.807) is 18.0 Å². The van der Waals surface area contributed by atoms with Gasteiger partial charge in [-0.15, -0.1) is 0 Å². The second-order valence-corrected chi connectivity index (χ2v) is 8.84. The molecule has 3 amide bonds. The summed E-state index contributed by atoms with van der Waals surface area (Å²) in [4.78, 5) is 37.6. The fraction of sp³-hybridized carbons (Fsp3) is 0.667. The molecule has 0 aliphatic carbocycles. The molecule has 0 aromatic carbocycles. The first-order chi connectivity index (χ1) is 13.4. The Morgan fingerprint density at radius 1 is 1.29 bits per heavy atom. The summed E-state index contributed by atoms with van der Waals surface area (Å²) in [5, 5.41) is 0. The fourth-order valence-corrected chi connectivity index (χ4v) is 5.68. The highest BCUT2D eigenvalue weighted by Crippen LogP contribution is 2.48. The van der Waals surface area contributed by atoms with Crippen LogP contribution in [0.4, 0.5) is 4.79 Å². The molecule has 152 valence electrons. The highest BCUT2D eigenvalue weighted by Gasteiger charge is 2.59. The van der Waals surface area contributed by atoms with Crippen molar-refractivity contribution in [1.82, 2.24) is 24.6 Å². The third kappa shape index (κ3) is 3.26. The molecule has 0 unspecified atom stereocenters. The number of likely N-dealkylation sites (tertiary alicyclic amines) is 3. The maximum absolute atomic E-state index is 12.6. The van der Waals surface area contributed by atoms with Gasteiger partial charge < -0.3 is 14.7 Å². The Bertz CT molecular complexity index is 740. The number of rotatable bonds is 2. The monoisotopic (exact) mass is 385 g/mol. The summed E-state index contributed by atoms with van der Waals surface area (Å²) in [5.74, 6) is 0.160. The van der Waals surface area contributed by atoms with Crippen LogP contribution in [-0.2, 0) is 11.3 Å². The van der Waals surface area contributed by atoms with Gasteiger partial charge in [-0.05, 0) is 37.4 Å². The molecule has 1 aromatic rings. The van der Waals surface area contributed by atoms with Crippen LogP contribution >= 0.6 is 0 Å². The molecule has 3 saturated heterocycles. The van der Waals surface area contributed by atoms with E-state index < -0.39 is 0 Å². The van der Waals surface area contributed by atoms with Crippen LogP contribution in [0.15, 0.2) is 24.5 Å². The van der Waals surface area contributed by atoms with Gasteiger partial charge in [-0.1, -0.05) is 6.07 Å². The molecule has 1 spiro atoms. The quantitative estimate of drug-likeness (QED) is 0.777. The van der Waals surface area contributed by atoms with Crippen molar-refractivity contribution in [2.24, 2.45) is 5.41 Å². The lowest BCUT2D eigenvalue weighted by Gasteiger charge is -2.44. The van der Waals surface area contributed by atoms with E-state index in [9.17, 15) is 9.59 Å². The Hall–Kier alpha value is -2.15. The van der Waals surface area contributed by atoms with Crippen LogP contribution in [-0.4, -0.2) is 88.9 Å². The molecule has 3 aliphatic heterocycles. The third-order valence-corrected chi connectivity index (χ3v) is 6.77. The number of pyridine rings is 1. The van der Waals surface area contributed by atoms with Crippen molar-refractivity contribution in [1.29, 1.82) is 0 Å². The van der Waals surface area contributed by atoms with Gasteiger partial charge in [0, 0.05) is 77.1 Å². The van der Waals surface area contributed by atoms with E-state index in [4.69, 9.17) is 0 Å². The first kappa shape index (κ1) is 19.2. The predicted octanol–water partition coefficient (Wildman–Crippen LogP) is 1.65. The number of fused-ring (bicyclic) bond motifs is 2. The summed E-state index contributed by atoms with van der Waals surface area (Å²) >= 11 is 0. The zero-order valence-corrected chi connectivity index (χ0v) is 17.2. The molecule has 4 heterocycles. The zero-order valence-electron chi connectivity index (χ0n) is 17.2. The van der Waals surface area contributed by atoms with Crippen LogP contribution in [0, 0.1) is 5.41 Å². The summed E-state index contributed by atoms with van der Waals surface area (Å²) in [6, 6.07) is 4.72. The van der Waals surface area contributed by atoms with Crippen LogP contribution in [0.25, 0.3) is 0 Å². The van der Waals surface area contributed by atoms with Gasteiger partial charge in [-0.2, -0.15) is 0 Å². The second kappa shape index (κ2) is 7.35. The molecule has 4 rings (SSSR count). The lowest BCUT2D eigenvalue weighted by molar-refractivity contribution is -0.130. The molecular weight excluding hydrogens is 354 g/mol. The van der Waals surface area contributed by atoms with Crippen LogP contribution in [0.1, 0.15) is 31.7 Å². The third-order valence-electron chi connectivity index (χ3n) is 6.77. The smallest absolute Gasteiger partial charge is 0.319 e. The molecule has 7 heteroatoms. The maximum Gasteiger partial charge on any atom is 0.319 e. The van der Waals surface area contributed by atoms with Crippen molar-refractivity contribution < 1.29 is 9.59 Å². The van der Waals surface area contributed by atoms with E-state index in [1.807, 2.05) is 31.3 Å². The molecule has 1 aromatic heterocycles. The number of carbonyl (C=O) groups is 2. The lowest BCUT2D eigenvalue weighted by atomic mass is 9.76. The van der Waals surface area contributed by atoms with Crippen molar-refractivity contribution in [2.45, 2.75) is 44.8 Å². The first-order valence-electron chi connectivity index (χ1n) is 10.3. The Kier molecular flexibility index (Phi) is 5.04. The zero-order chi connectivity index (χ0) is 19.9. The van der Waals surface area contributed by atoms with E-state index >= 15 is 0 Å². The average molecular weight is 386 g/mol. The van der Waals surface area contributed by atoms with Crippen LogP contribution in [0.2, 0.25) is 0 Å². The summed E-state index contributed by atoms with van der Waals surface area (Å²) in [5.41, 5.74) is 1.17. The number of piperidine rings is 1. The topological polar surface area (TPSA) is 60.0 Å². The summed E-state index contributed by atoms with van der Waals surface area (Å²) in [7, 11) is 3.62.